The number of likely N-dealkylation sites (tertiary alicyclic amines) is 1. The second-order valence-corrected chi connectivity index (χ2v) is 6.26. The molecule has 116 valence electrons. The highest BCUT2D eigenvalue weighted by Crippen LogP contribution is 2.20. The molecule has 0 saturated carbocycles. The van der Waals surface area contributed by atoms with Crippen LogP contribution in [0, 0.1) is 5.92 Å². The van der Waals surface area contributed by atoms with E-state index >= 15 is 0 Å². The molecule has 0 bridgehead atoms. The van der Waals surface area contributed by atoms with Gasteiger partial charge in [0.25, 0.3) is 0 Å². The van der Waals surface area contributed by atoms with Gasteiger partial charge in [0.1, 0.15) is 0 Å². The number of piperidine rings is 1. The van der Waals surface area contributed by atoms with Crippen LogP contribution in [0.5, 0.6) is 0 Å². The summed E-state index contributed by atoms with van der Waals surface area (Å²) in [5.74, 6) is -0.248. The van der Waals surface area contributed by atoms with Gasteiger partial charge < -0.3 is 10.1 Å². The van der Waals surface area contributed by atoms with Crippen LogP contribution in [0.3, 0.4) is 0 Å². The molecule has 1 amide bonds. The van der Waals surface area contributed by atoms with Crippen LogP contribution in [0.1, 0.15) is 47.0 Å². The topological polar surface area (TPSA) is 58.6 Å². The summed E-state index contributed by atoms with van der Waals surface area (Å²) >= 11 is 0. The Morgan fingerprint density at radius 2 is 2.10 bits per heavy atom. The van der Waals surface area contributed by atoms with Crippen LogP contribution in [-0.2, 0) is 14.3 Å². The van der Waals surface area contributed by atoms with Crippen LogP contribution in [0.25, 0.3) is 0 Å². The Morgan fingerprint density at radius 1 is 1.45 bits per heavy atom. The van der Waals surface area contributed by atoms with Gasteiger partial charge in [0.2, 0.25) is 5.91 Å². The molecule has 0 aromatic heterocycles. The zero-order chi connectivity index (χ0) is 15.3. The first-order valence-electron chi connectivity index (χ1n) is 7.44. The fraction of sp³-hybridized carbons (Fsp3) is 0.867. The molecule has 20 heavy (non-hydrogen) atoms. The second-order valence-electron chi connectivity index (χ2n) is 6.26. The van der Waals surface area contributed by atoms with Crippen LogP contribution in [-0.4, -0.2) is 48.6 Å². The van der Waals surface area contributed by atoms with E-state index in [1.807, 2.05) is 20.8 Å². The number of hydrogen-bond donors (Lipinski definition) is 1. The Balaban J connectivity index is 2.60. The van der Waals surface area contributed by atoms with E-state index in [0.29, 0.717) is 6.54 Å². The molecule has 1 N–H and O–H groups in total. The van der Waals surface area contributed by atoms with Crippen LogP contribution in [0.15, 0.2) is 0 Å². The first-order valence-corrected chi connectivity index (χ1v) is 7.44. The monoisotopic (exact) mass is 284 g/mol. The summed E-state index contributed by atoms with van der Waals surface area (Å²) in [6.07, 6.45) is 2.66. The number of carbonyl (C=O) groups is 2. The van der Waals surface area contributed by atoms with Crippen LogP contribution in [0.2, 0.25) is 0 Å². The molecule has 1 aliphatic rings. The number of nitrogens with one attached hydrogen (secondary N) is 1. The van der Waals surface area contributed by atoms with Gasteiger partial charge in [-0.3, -0.25) is 14.5 Å². The van der Waals surface area contributed by atoms with Crippen molar-refractivity contribution in [3.05, 3.63) is 0 Å². The van der Waals surface area contributed by atoms with Gasteiger partial charge in [-0.05, 0) is 46.6 Å². The minimum atomic E-state index is -0.215. The quantitative estimate of drug-likeness (QED) is 0.779. The van der Waals surface area contributed by atoms with Crippen molar-refractivity contribution < 1.29 is 14.3 Å². The highest BCUT2D eigenvalue weighted by molar-refractivity contribution is 5.82. The predicted molar refractivity (Wildman–Crippen MR) is 78.3 cm³/mol. The molecule has 0 radical (unpaired) electrons. The third-order valence-corrected chi connectivity index (χ3v) is 4.26. The summed E-state index contributed by atoms with van der Waals surface area (Å²) in [5, 5.41) is 3.06. The van der Waals surface area contributed by atoms with Gasteiger partial charge >= 0.3 is 5.97 Å². The Labute approximate surface area is 122 Å². The van der Waals surface area contributed by atoms with E-state index in [1.165, 1.54) is 7.11 Å². The molecule has 1 saturated heterocycles. The van der Waals surface area contributed by atoms with Crippen LogP contribution < -0.4 is 5.32 Å². The lowest BCUT2D eigenvalue weighted by Crippen LogP contribution is -2.54. The predicted octanol–water partition coefficient (Wildman–Crippen LogP) is 1.56. The average molecular weight is 284 g/mol. The third kappa shape index (κ3) is 4.47. The van der Waals surface area contributed by atoms with E-state index in [-0.39, 0.29) is 29.4 Å². The maximum absolute atomic E-state index is 12.3. The molecule has 1 fully saturated rings. The lowest BCUT2D eigenvalue weighted by Gasteiger charge is -2.36. The smallest absolute Gasteiger partial charge is 0.309 e. The van der Waals surface area contributed by atoms with E-state index in [0.717, 1.165) is 25.8 Å². The highest BCUT2D eigenvalue weighted by atomic mass is 16.5. The molecule has 5 nitrogen and oxygen atoms in total. The van der Waals surface area contributed by atoms with Crippen molar-refractivity contribution in [2.45, 2.75) is 58.5 Å². The van der Waals surface area contributed by atoms with Gasteiger partial charge in [0.15, 0.2) is 0 Å². The van der Waals surface area contributed by atoms with E-state index in [1.54, 1.807) is 0 Å². The van der Waals surface area contributed by atoms with Crippen molar-refractivity contribution in [2.75, 3.05) is 20.2 Å². The van der Waals surface area contributed by atoms with Crippen molar-refractivity contribution in [3.63, 3.8) is 0 Å². The fourth-order valence-electron chi connectivity index (χ4n) is 2.41. The molecule has 1 heterocycles. The minimum Gasteiger partial charge on any atom is -0.469 e. The van der Waals surface area contributed by atoms with Gasteiger partial charge in [-0.1, -0.05) is 6.92 Å². The Bertz CT molecular complexity index is 355. The van der Waals surface area contributed by atoms with Crippen molar-refractivity contribution in [3.8, 4) is 0 Å². The van der Waals surface area contributed by atoms with Crippen LogP contribution >= 0.6 is 0 Å². The Hall–Kier alpha value is -1.10. The number of hydrogen-bond acceptors (Lipinski definition) is 4. The highest BCUT2D eigenvalue weighted by Gasteiger charge is 2.32. The Kier molecular flexibility index (Phi) is 5.99. The first kappa shape index (κ1) is 17.0. The molecule has 0 aliphatic carbocycles. The average Bonchev–Trinajstić information content (AvgIpc) is 2.45. The molecule has 1 rings (SSSR count). The van der Waals surface area contributed by atoms with Gasteiger partial charge in [-0.2, -0.15) is 0 Å². The van der Waals surface area contributed by atoms with Crippen molar-refractivity contribution >= 4 is 11.9 Å². The molecule has 0 spiro atoms. The van der Waals surface area contributed by atoms with Gasteiger partial charge in [0, 0.05) is 12.1 Å². The molecule has 2 atom stereocenters. The summed E-state index contributed by atoms with van der Waals surface area (Å²) in [6.45, 7) is 9.46. The molecule has 5 heteroatoms. The normalized spacial score (nSPS) is 22.1. The van der Waals surface area contributed by atoms with Crippen molar-refractivity contribution in [1.29, 1.82) is 0 Å². The van der Waals surface area contributed by atoms with E-state index in [2.05, 4.69) is 17.1 Å². The summed E-state index contributed by atoms with van der Waals surface area (Å²) < 4.78 is 4.81. The summed E-state index contributed by atoms with van der Waals surface area (Å²) in [5.41, 5.74) is -0.192. The summed E-state index contributed by atoms with van der Waals surface area (Å²) in [6, 6.07) is -0.215. The molecule has 1 aliphatic heterocycles. The third-order valence-electron chi connectivity index (χ3n) is 4.26. The number of ether oxygens (including phenoxy) is 1. The Morgan fingerprint density at radius 3 is 2.65 bits per heavy atom. The zero-order valence-electron chi connectivity index (χ0n) is 13.4. The molecule has 0 aromatic rings. The van der Waals surface area contributed by atoms with Crippen molar-refractivity contribution in [2.24, 2.45) is 5.92 Å². The minimum absolute atomic E-state index is 0.0300. The molecule has 0 aromatic carbocycles. The lowest BCUT2D eigenvalue weighted by atomic mass is 9.96. The number of esters is 1. The number of carbonyl (C=O) groups excluding carboxylic acids is 2. The fourth-order valence-corrected chi connectivity index (χ4v) is 2.41. The van der Waals surface area contributed by atoms with Gasteiger partial charge in [0.05, 0.1) is 19.1 Å². The van der Waals surface area contributed by atoms with Gasteiger partial charge in [-0.25, -0.2) is 0 Å². The van der Waals surface area contributed by atoms with E-state index in [4.69, 9.17) is 4.74 Å². The van der Waals surface area contributed by atoms with Crippen LogP contribution in [0.4, 0.5) is 0 Å². The number of nitrogens with zero attached hydrogens (tertiary/aromatic N) is 1. The van der Waals surface area contributed by atoms with E-state index < -0.39 is 0 Å². The molecular weight excluding hydrogens is 256 g/mol. The van der Waals surface area contributed by atoms with Crippen molar-refractivity contribution in [1.82, 2.24) is 10.2 Å². The lowest BCUT2D eigenvalue weighted by molar-refractivity contribution is -0.148. The van der Waals surface area contributed by atoms with E-state index in [9.17, 15) is 9.59 Å². The number of rotatable bonds is 5. The second kappa shape index (κ2) is 7.07. The van der Waals surface area contributed by atoms with Gasteiger partial charge in [-0.15, -0.1) is 0 Å². The molecular formula is C15H28N2O3. The summed E-state index contributed by atoms with van der Waals surface area (Å²) in [7, 11) is 1.42. The maximum atomic E-state index is 12.3. The number of amides is 1. The maximum Gasteiger partial charge on any atom is 0.309 e. The first-order chi connectivity index (χ1) is 9.30. The largest absolute Gasteiger partial charge is 0.469 e. The standard InChI is InChI=1S/C15H28N2O3/c1-6-15(3,4)16-13(18)11(2)17-9-7-8-12(10-17)14(19)20-5/h11-12H,6-10H2,1-5H3,(H,16,18). The SMILES string of the molecule is CCC(C)(C)NC(=O)C(C)N1CCCC(C(=O)OC)C1. The summed E-state index contributed by atoms with van der Waals surface area (Å²) in [4.78, 5) is 26.0. The zero-order valence-corrected chi connectivity index (χ0v) is 13.4. The number of methoxy groups -OCH3 is 1. The molecule has 2 unspecified atom stereocenters.